The van der Waals surface area contributed by atoms with Gasteiger partial charge in [-0.05, 0) is 24.3 Å². The molecule has 26 heavy (non-hydrogen) atoms. The fourth-order valence-electron chi connectivity index (χ4n) is 2.59. The number of ether oxygens (including phenoxy) is 1. The number of ketones is 1. The molecular weight excluding hydrogens is 350 g/mol. The van der Waals surface area contributed by atoms with Gasteiger partial charge < -0.3 is 10.1 Å². The molecule has 0 saturated heterocycles. The van der Waals surface area contributed by atoms with Gasteiger partial charge in [-0.1, -0.05) is 60.1 Å². The van der Waals surface area contributed by atoms with Gasteiger partial charge in [0.05, 0.1) is 18.4 Å². The Kier molecular flexibility index (Phi) is 5.34. The first kappa shape index (κ1) is 17.7. The summed E-state index contributed by atoms with van der Waals surface area (Å²) in [7, 11) is 1.51. The summed E-state index contributed by atoms with van der Waals surface area (Å²) >= 11 is 6.00. The highest BCUT2D eigenvalue weighted by molar-refractivity contribution is 6.31. The Hall–Kier alpha value is -3.11. The monoisotopic (exact) mass is 365 g/mol. The molecule has 3 rings (SSSR count). The Morgan fingerprint density at radius 1 is 0.885 bits per heavy atom. The molecule has 0 atom stereocenters. The molecular formula is C21H16ClNO3. The van der Waals surface area contributed by atoms with Crippen LogP contribution in [0.3, 0.4) is 0 Å². The highest BCUT2D eigenvalue weighted by atomic mass is 35.5. The number of carbonyl (C=O) groups is 2. The van der Waals surface area contributed by atoms with Crippen molar-refractivity contribution in [2.45, 2.75) is 0 Å². The maximum atomic E-state index is 12.8. The second kappa shape index (κ2) is 7.85. The average molecular weight is 366 g/mol. The van der Waals surface area contributed by atoms with Gasteiger partial charge in [-0.15, -0.1) is 0 Å². The molecule has 0 aromatic heterocycles. The van der Waals surface area contributed by atoms with E-state index < -0.39 is 5.91 Å². The fourth-order valence-corrected chi connectivity index (χ4v) is 2.76. The number of methoxy groups -OCH3 is 1. The van der Waals surface area contributed by atoms with Crippen LogP contribution in [-0.2, 0) is 0 Å². The second-order valence-electron chi connectivity index (χ2n) is 5.54. The number of rotatable bonds is 5. The lowest BCUT2D eigenvalue weighted by Crippen LogP contribution is -2.17. The van der Waals surface area contributed by atoms with Gasteiger partial charge in [0.25, 0.3) is 5.91 Å². The third kappa shape index (κ3) is 3.76. The van der Waals surface area contributed by atoms with E-state index in [0.29, 0.717) is 27.6 Å². The Morgan fingerprint density at radius 3 is 2.23 bits per heavy atom. The first-order valence-electron chi connectivity index (χ1n) is 7.94. The number of carbonyl (C=O) groups excluding carboxylic acids is 2. The minimum Gasteiger partial charge on any atom is -0.495 e. The Balaban J connectivity index is 1.94. The van der Waals surface area contributed by atoms with Crippen molar-refractivity contribution in [3.63, 3.8) is 0 Å². The molecule has 1 N–H and O–H groups in total. The quantitative estimate of drug-likeness (QED) is 0.659. The van der Waals surface area contributed by atoms with E-state index in [1.807, 2.05) is 6.07 Å². The van der Waals surface area contributed by atoms with Gasteiger partial charge in [0.15, 0.2) is 5.78 Å². The molecule has 1 amide bonds. The van der Waals surface area contributed by atoms with Crippen LogP contribution in [0.4, 0.5) is 5.69 Å². The standard InChI is InChI=1S/C21H16ClNO3/c1-26-19-12-11-15(22)13-18(19)23-21(25)17-10-6-5-9-16(17)20(24)14-7-3-2-4-8-14/h2-13H,1H3,(H,23,25). The predicted molar refractivity (Wildman–Crippen MR) is 102 cm³/mol. The summed E-state index contributed by atoms with van der Waals surface area (Å²) in [5.74, 6) is -0.144. The van der Waals surface area contributed by atoms with Crippen LogP contribution in [0.1, 0.15) is 26.3 Å². The highest BCUT2D eigenvalue weighted by Gasteiger charge is 2.19. The maximum Gasteiger partial charge on any atom is 0.256 e. The summed E-state index contributed by atoms with van der Waals surface area (Å²) in [6, 6.07) is 20.5. The molecule has 0 aliphatic rings. The average Bonchev–Trinajstić information content (AvgIpc) is 2.68. The minimum absolute atomic E-state index is 0.214. The number of benzene rings is 3. The Labute approximate surface area is 156 Å². The molecule has 4 nitrogen and oxygen atoms in total. The van der Waals surface area contributed by atoms with Crippen molar-refractivity contribution in [2.24, 2.45) is 0 Å². The SMILES string of the molecule is COc1ccc(Cl)cc1NC(=O)c1ccccc1C(=O)c1ccccc1. The van der Waals surface area contributed by atoms with E-state index in [9.17, 15) is 9.59 Å². The topological polar surface area (TPSA) is 55.4 Å². The van der Waals surface area contributed by atoms with Crippen molar-refractivity contribution < 1.29 is 14.3 Å². The number of nitrogens with one attached hydrogen (secondary N) is 1. The molecule has 0 aliphatic carbocycles. The summed E-state index contributed by atoms with van der Waals surface area (Å²) in [5, 5.41) is 3.23. The van der Waals surface area contributed by atoms with Crippen molar-refractivity contribution in [3.05, 3.63) is 94.5 Å². The number of anilines is 1. The lowest BCUT2D eigenvalue weighted by molar-refractivity contribution is 0.0996. The van der Waals surface area contributed by atoms with Crippen LogP contribution in [0, 0.1) is 0 Å². The van der Waals surface area contributed by atoms with E-state index in [1.54, 1.807) is 66.7 Å². The van der Waals surface area contributed by atoms with Gasteiger partial charge in [0, 0.05) is 16.1 Å². The van der Waals surface area contributed by atoms with Gasteiger partial charge in [-0.2, -0.15) is 0 Å². The summed E-state index contributed by atoms with van der Waals surface area (Å²) in [5.41, 5.74) is 1.57. The number of hydrogen-bond acceptors (Lipinski definition) is 3. The van der Waals surface area contributed by atoms with Gasteiger partial charge in [0.1, 0.15) is 5.75 Å². The van der Waals surface area contributed by atoms with Crippen LogP contribution in [0.25, 0.3) is 0 Å². The molecule has 0 fully saturated rings. The zero-order valence-corrected chi connectivity index (χ0v) is 14.8. The van der Waals surface area contributed by atoms with Crippen LogP contribution < -0.4 is 10.1 Å². The summed E-state index contributed by atoms with van der Waals surface area (Å²) in [6.07, 6.45) is 0. The fraction of sp³-hybridized carbons (Fsp3) is 0.0476. The maximum absolute atomic E-state index is 12.8. The lowest BCUT2D eigenvalue weighted by Gasteiger charge is -2.12. The van der Waals surface area contributed by atoms with E-state index in [-0.39, 0.29) is 11.3 Å². The first-order chi connectivity index (χ1) is 12.6. The van der Waals surface area contributed by atoms with E-state index in [2.05, 4.69) is 5.32 Å². The largest absolute Gasteiger partial charge is 0.495 e. The van der Waals surface area contributed by atoms with E-state index in [0.717, 1.165) is 0 Å². The molecule has 0 spiro atoms. The van der Waals surface area contributed by atoms with E-state index in [4.69, 9.17) is 16.3 Å². The van der Waals surface area contributed by atoms with Crippen LogP contribution in [0.15, 0.2) is 72.8 Å². The Morgan fingerprint density at radius 2 is 1.54 bits per heavy atom. The molecule has 0 radical (unpaired) electrons. The Bertz CT molecular complexity index is 954. The first-order valence-corrected chi connectivity index (χ1v) is 8.31. The van der Waals surface area contributed by atoms with Crippen LogP contribution in [-0.4, -0.2) is 18.8 Å². The van der Waals surface area contributed by atoms with E-state index >= 15 is 0 Å². The molecule has 0 saturated carbocycles. The van der Waals surface area contributed by atoms with Gasteiger partial charge >= 0.3 is 0 Å². The normalized spacial score (nSPS) is 10.2. The highest BCUT2D eigenvalue weighted by Crippen LogP contribution is 2.28. The summed E-state index contributed by atoms with van der Waals surface area (Å²) in [4.78, 5) is 25.6. The van der Waals surface area contributed by atoms with Crippen LogP contribution in [0.5, 0.6) is 5.75 Å². The zero-order valence-electron chi connectivity index (χ0n) is 14.0. The molecule has 0 heterocycles. The molecule has 0 bridgehead atoms. The third-order valence-corrected chi connectivity index (χ3v) is 4.10. The summed E-state index contributed by atoms with van der Waals surface area (Å²) < 4.78 is 5.24. The number of hydrogen-bond donors (Lipinski definition) is 1. The van der Waals surface area contributed by atoms with E-state index in [1.165, 1.54) is 7.11 Å². The zero-order chi connectivity index (χ0) is 18.5. The van der Waals surface area contributed by atoms with Gasteiger partial charge in [-0.3, -0.25) is 9.59 Å². The smallest absolute Gasteiger partial charge is 0.256 e. The van der Waals surface area contributed by atoms with Crippen molar-refractivity contribution in [1.82, 2.24) is 0 Å². The number of amides is 1. The molecule has 130 valence electrons. The molecule has 3 aromatic carbocycles. The number of halogens is 1. The molecule has 3 aromatic rings. The second-order valence-corrected chi connectivity index (χ2v) is 5.98. The van der Waals surface area contributed by atoms with Gasteiger partial charge in [0.2, 0.25) is 0 Å². The van der Waals surface area contributed by atoms with Crippen molar-refractivity contribution in [1.29, 1.82) is 0 Å². The van der Waals surface area contributed by atoms with Gasteiger partial charge in [-0.25, -0.2) is 0 Å². The predicted octanol–water partition coefficient (Wildman–Crippen LogP) is 4.83. The van der Waals surface area contributed by atoms with Crippen LogP contribution >= 0.6 is 11.6 Å². The van der Waals surface area contributed by atoms with Crippen molar-refractivity contribution >= 4 is 29.0 Å². The lowest BCUT2D eigenvalue weighted by atomic mass is 9.98. The third-order valence-electron chi connectivity index (χ3n) is 3.86. The van der Waals surface area contributed by atoms with Crippen LogP contribution in [0.2, 0.25) is 5.02 Å². The van der Waals surface area contributed by atoms with Crippen molar-refractivity contribution in [2.75, 3.05) is 12.4 Å². The molecule has 0 unspecified atom stereocenters. The van der Waals surface area contributed by atoms with Crippen molar-refractivity contribution in [3.8, 4) is 5.75 Å². The minimum atomic E-state index is -0.412. The summed E-state index contributed by atoms with van der Waals surface area (Å²) in [6.45, 7) is 0. The molecule has 0 aliphatic heterocycles. The molecule has 5 heteroatoms.